The summed E-state index contributed by atoms with van der Waals surface area (Å²) in [5, 5.41) is 3.46. The summed E-state index contributed by atoms with van der Waals surface area (Å²) < 4.78 is 0. The number of carbonyl (C=O) groups excluding carboxylic acids is 2. The molecular weight excluding hydrogens is 392 g/mol. The molecule has 0 unspecified atom stereocenters. The highest BCUT2D eigenvalue weighted by atomic mass is 16.2. The molecule has 1 atom stereocenters. The number of carbonyl (C=O) groups is 2. The van der Waals surface area contributed by atoms with Crippen molar-refractivity contribution in [2.75, 3.05) is 5.32 Å². The average Bonchev–Trinajstić information content (AvgIpc) is 2.75. The van der Waals surface area contributed by atoms with Crippen LogP contribution in [0.2, 0.25) is 0 Å². The molecule has 2 N–H and O–H groups in total. The third kappa shape index (κ3) is 4.50. The minimum Gasteiger partial charge on any atom is -0.333 e. The van der Waals surface area contributed by atoms with Gasteiger partial charge in [-0.15, -0.1) is 0 Å². The van der Waals surface area contributed by atoms with E-state index in [1.807, 2.05) is 44.2 Å². The van der Waals surface area contributed by atoms with Crippen LogP contribution in [0.1, 0.15) is 38.1 Å². The number of hydrogen-bond donors (Lipinski definition) is 2. The number of nitrogens with zero attached hydrogens (tertiary/aromatic N) is 2. The Kier molecular flexibility index (Phi) is 5.84. The lowest BCUT2D eigenvalue weighted by Crippen LogP contribution is -2.38. The molecule has 0 spiro atoms. The number of aromatic amines is 1. The molecule has 2 amide bonds. The van der Waals surface area contributed by atoms with Crippen molar-refractivity contribution in [3.8, 4) is 0 Å². The van der Waals surface area contributed by atoms with Crippen LogP contribution in [0.15, 0.2) is 53.3 Å². The van der Waals surface area contributed by atoms with E-state index >= 15 is 0 Å². The first-order valence-electron chi connectivity index (χ1n) is 10.6. The van der Waals surface area contributed by atoms with Crippen LogP contribution in [0.3, 0.4) is 0 Å². The van der Waals surface area contributed by atoms with E-state index in [2.05, 4.69) is 15.3 Å². The molecule has 160 valence electrons. The number of benzene rings is 2. The van der Waals surface area contributed by atoms with Gasteiger partial charge in [0.15, 0.2) is 0 Å². The second-order valence-corrected chi connectivity index (χ2v) is 8.23. The molecule has 0 saturated carbocycles. The number of H-pyrrole nitrogens is 1. The van der Waals surface area contributed by atoms with Crippen molar-refractivity contribution in [1.29, 1.82) is 0 Å². The quantitative estimate of drug-likeness (QED) is 0.642. The molecule has 3 aromatic rings. The Morgan fingerprint density at radius 2 is 1.87 bits per heavy atom. The molecule has 1 aromatic heterocycles. The van der Waals surface area contributed by atoms with E-state index in [9.17, 15) is 14.4 Å². The minimum absolute atomic E-state index is 0.0388. The lowest BCUT2D eigenvalue weighted by molar-refractivity contribution is -0.134. The zero-order valence-electron chi connectivity index (χ0n) is 17.7. The number of para-hydroxylation sites is 2. The second-order valence-electron chi connectivity index (χ2n) is 8.23. The molecule has 7 heteroatoms. The van der Waals surface area contributed by atoms with Gasteiger partial charge in [0.1, 0.15) is 5.82 Å². The number of aromatic nitrogens is 2. The van der Waals surface area contributed by atoms with Gasteiger partial charge in [-0.1, -0.05) is 30.3 Å². The van der Waals surface area contributed by atoms with E-state index in [1.165, 1.54) is 0 Å². The first-order valence-corrected chi connectivity index (χ1v) is 10.6. The molecule has 2 aromatic carbocycles. The second kappa shape index (κ2) is 8.71. The summed E-state index contributed by atoms with van der Waals surface area (Å²) in [6, 6.07) is 14.8. The lowest BCUT2D eigenvalue weighted by Gasteiger charge is -2.28. The maximum atomic E-state index is 13.0. The highest BCUT2D eigenvalue weighted by Gasteiger charge is 2.27. The predicted molar refractivity (Wildman–Crippen MR) is 120 cm³/mol. The Morgan fingerprint density at radius 3 is 2.68 bits per heavy atom. The summed E-state index contributed by atoms with van der Waals surface area (Å²) in [4.78, 5) is 46.8. The molecule has 0 saturated heterocycles. The molecule has 31 heavy (non-hydrogen) atoms. The van der Waals surface area contributed by atoms with Gasteiger partial charge >= 0.3 is 0 Å². The molecule has 1 aliphatic heterocycles. The van der Waals surface area contributed by atoms with Crippen molar-refractivity contribution >= 4 is 28.4 Å². The average molecular weight is 418 g/mol. The molecule has 7 nitrogen and oxygen atoms in total. The number of fused-ring (bicyclic) bond motifs is 2. The summed E-state index contributed by atoms with van der Waals surface area (Å²) >= 11 is 0. The monoisotopic (exact) mass is 418 g/mol. The minimum atomic E-state index is -0.230. The van der Waals surface area contributed by atoms with Gasteiger partial charge < -0.3 is 15.2 Å². The number of amides is 2. The fourth-order valence-electron chi connectivity index (χ4n) is 4.02. The van der Waals surface area contributed by atoms with Crippen molar-refractivity contribution in [2.24, 2.45) is 5.92 Å². The molecule has 0 aliphatic carbocycles. The number of anilines is 1. The van der Waals surface area contributed by atoms with E-state index < -0.39 is 0 Å². The lowest BCUT2D eigenvalue weighted by atomic mass is 9.89. The van der Waals surface area contributed by atoms with E-state index in [0.717, 1.165) is 11.3 Å². The van der Waals surface area contributed by atoms with E-state index in [0.29, 0.717) is 29.6 Å². The van der Waals surface area contributed by atoms with Crippen LogP contribution in [0.5, 0.6) is 0 Å². The van der Waals surface area contributed by atoms with Crippen molar-refractivity contribution in [3.63, 3.8) is 0 Å². The maximum Gasteiger partial charge on any atom is 0.258 e. The summed E-state index contributed by atoms with van der Waals surface area (Å²) in [6.45, 7) is 4.08. The van der Waals surface area contributed by atoms with Gasteiger partial charge in [-0.2, -0.15) is 0 Å². The SMILES string of the molecule is CC(C)N(Cc1nc2ccccc2c(=O)[nH]1)C(=O)CC[C@H]1Cc2ccccc2NC1=O. The van der Waals surface area contributed by atoms with E-state index in [1.54, 1.807) is 23.1 Å². The zero-order valence-corrected chi connectivity index (χ0v) is 17.7. The zero-order chi connectivity index (χ0) is 22.0. The molecule has 2 heterocycles. The smallest absolute Gasteiger partial charge is 0.258 e. The van der Waals surface area contributed by atoms with Gasteiger partial charge in [-0.3, -0.25) is 14.4 Å². The van der Waals surface area contributed by atoms with Crippen molar-refractivity contribution < 1.29 is 9.59 Å². The molecule has 0 bridgehead atoms. The molecule has 4 rings (SSSR count). The maximum absolute atomic E-state index is 13.0. The van der Waals surface area contributed by atoms with Gasteiger partial charge in [-0.25, -0.2) is 4.98 Å². The first kappa shape index (κ1) is 20.8. The Morgan fingerprint density at radius 1 is 1.13 bits per heavy atom. The van der Waals surface area contributed by atoms with Crippen LogP contribution < -0.4 is 10.9 Å². The van der Waals surface area contributed by atoms with Crippen molar-refractivity contribution in [1.82, 2.24) is 14.9 Å². The van der Waals surface area contributed by atoms with Gasteiger partial charge in [0.05, 0.1) is 17.4 Å². The number of nitrogens with one attached hydrogen (secondary N) is 2. The predicted octanol–water partition coefficient (Wildman–Crippen LogP) is 3.25. The van der Waals surface area contributed by atoms with Crippen LogP contribution >= 0.6 is 0 Å². The number of rotatable bonds is 6. The van der Waals surface area contributed by atoms with Crippen molar-refractivity contribution in [2.45, 2.75) is 45.7 Å². The molecule has 0 radical (unpaired) electrons. The highest BCUT2D eigenvalue weighted by molar-refractivity contribution is 5.96. The third-order valence-electron chi connectivity index (χ3n) is 5.74. The van der Waals surface area contributed by atoms with Crippen LogP contribution in [-0.4, -0.2) is 32.7 Å². The summed E-state index contributed by atoms with van der Waals surface area (Å²) in [5.41, 5.74) is 2.34. The van der Waals surface area contributed by atoms with Crippen LogP contribution in [-0.2, 0) is 22.6 Å². The highest BCUT2D eigenvalue weighted by Crippen LogP contribution is 2.28. The first-order chi connectivity index (χ1) is 14.9. The molecule has 1 aliphatic rings. The standard InChI is InChI=1S/C24H26N4O3/c1-15(2)28(14-21-25-20-10-6-4-8-18(20)24(31)27-21)22(29)12-11-17-13-16-7-3-5-9-19(16)26-23(17)30/h3-10,15,17H,11-14H2,1-2H3,(H,26,30)(H,25,27,31)/t17-/m0/s1. The summed E-state index contributed by atoms with van der Waals surface area (Å²) in [7, 11) is 0. The summed E-state index contributed by atoms with van der Waals surface area (Å²) in [5.74, 6) is 0.127. The Balaban J connectivity index is 1.45. The van der Waals surface area contributed by atoms with Gasteiger partial charge in [0.2, 0.25) is 11.8 Å². The Bertz CT molecular complexity index is 1180. The van der Waals surface area contributed by atoms with Gasteiger partial charge in [0, 0.05) is 24.1 Å². The normalized spacial score (nSPS) is 15.6. The Hall–Kier alpha value is -3.48. The van der Waals surface area contributed by atoms with Crippen molar-refractivity contribution in [3.05, 3.63) is 70.3 Å². The fraction of sp³-hybridized carbons (Fsp3) is 0.333. The number of hydrogen-bond acceptors (Lipinski definition) is 4. The third-order valence-corrected chi connectivity index (χ3v) is 5.74. The largest absolute Gasteiger partial charge is 0.333 e. The van der Waals surface area contributed by atoms with Crippen LogP contribution in [0.25, 0.3) is 10.9 Å². The van der Waals surface area contributed by atoms with Crippen LogP contribution in [0, 0.1) is 5.92 Å². The Labute approximate surface area is 180 Å². The van der Waals surface area contributed by atoms with E-state index in [4.69, 9.17) is 0 Å². The van der Waals surface area contributed by atoms with Gasteiger partial charge in [0.25, 0.3) is 5.56 Å². The topological polar surface area (TPSA) is 95.2 Å². The summed E-state index contributed by atoms with van der Waals surface area (Å²) in [6.07, 6.45) is 1.37. The van der Waals surface area contributed by atoms with Gasteiger partial charge in [-0.05, 0) is 50.5 Å². The van der Waals surface area contributed by atoms with E-state index in [-0.39, 0.29) is 42.3 Å². The molecular formula is C24H26N4O3. The fourth-order valence-corrected chi connectivity index (χ4v) is 4.02. The molecule has 0 fully saturated rings. The van der Waals surface area contributed by atoms with Crippen LogP contribution in [0.4, 0.5) is 5.69 Å².